The molecule has 0 radical (unpaired) electrons. The van der Waals surface area contributed by atoms with Crippen molar-refractivity contribution in [2.24, 2.45) is 5.73 Å². The number of benzene rings is 1. The number of carbonyl (C=O) groups is 1. The number of aromatic nitrogens is 1. The summed E-state index contributed by atoms with van der Waals surface area (Å²) in [6, 6.07) is 6.97. The van der Waals surface area contributed by atoms with Gasteiger partial charge in [0.1, 0.15) is 10.7 Å². The van der Waals surface area contributed by atoms with E-state index in [1.54, 1.807) is 19.1 Å². The molecule has 0 spiro atoms. The lowest BCUT2D eigenvalue weighted by atomic mass is 10.1. The van der Waals surface area contributed by atoms with Crippen LogP contribution in [0.1, 0.15) is 27.4 Å². The lowest BCUT2D eigenvalue weighted by Crippen LogP contribution is -2.15. The summed E-state index contributed by atoms with van der Waals surface area (Å²) >= 11 is 4.91. The number of rotatable bonds is 3. The van der Waals surface area contributed by atoms with Crippen LogP contribution in [0.2, 0.25) is 0 Å². The first-order valence-corrected chi connectivity index (χ1v) is 6.03. The van der Waals surface area contributed by atoms with Crippen LogP contribution < -0.4 is 11.1 Å². The minimum absolute atomic E-state index is 0.234. The van der Waals surface area contributed by atoms with E-state index in [1.165, 1.54) is 0 Å². The van der Waals surface area contributed by atoms with E-state index >= 15 is 0 Å². The monoisotopic (exact) mass is 275 g/mol. The summed E-state index contributed by atoms with van der Waals surface area (Å²) in [6.45, 7) is 3.61. The minimum atomic E-state index is -0.333. The van der Waals surface area contributed by atoms with Gasteiger partial charge in [-0.2, -0.15) is 0 Å². The first-order valence-electron chi connectivity index (χ1n) is 5.62. The van der Waals surface area contributed by atoms with Crippen molar-refractivity contribution >= 4 is 28.8 Å². The Labute approximate surface area is 115 Å². The molecule has 5 nitrogen and oxygen atoms in total. The van der Waals surface area contributed by atoms with Gasteiger partial charge < -0.3 is 15.6 Å². The van der Waals surface area contributed by atoms with Gasteiger partial charge in [0.15, 0.2) is 5.69 Å². The Morgan fingerprint density at radius 1 is 1.37 bits per heavy atom. The molecule has 0 aliphatic rings. The fraction of sp³-hybridized carbons (Fsp3) is 0.154. The Morgan fingerprint density at radius 3 is 2.68 bits per heavy atom. The van der Waals surface area contributed by atoms with Gasteiger partial charge in [-0.15, -0.1) is 0 Å². The maximum absolute atomic E-state index is 12.0. The molecule has 1 aromatic heterocycles. The number of nitrogens with two attached hydrogens (primary N) is 1. The zero-order valence-electron chi connectivity index (χ0n) is 10.6. The molecular formula is C13H13N3O2S. The van der Waals surface area contributed by atoms with Gasteiger partial charge >= 0.3 is 0 Å². The molecule has 0 unspecified atom stereocenters. The molecule has 2 aromatic rings. The van der Waals surface area contributed by atoms with E-state index in [0.29, 0.717) is 17.0 Å². The SMILES string of the molecule is Cc1cc(C(=O)Nc2cc(C(N)=S)ccc2C)no1. The molecule has 0 fully saturated rings. The smallest absolute Gasteiger partial charge is 0.277 e. The molecule has 0 bridgehead atoms. The molecule has 0 atom stereocenters. The van der Waals surface area contributed by atoms with E-state index in [2.05, 4.69) is 10.5 Å². The van der Waals surface area contributed by atoms with Crippen molar-refractivity contribution in [2.75, 3.05) is 5.32 Å². The normalized spacial score (nSPS) is 10.2. The summed E-state index contributed by atoms with van der Waals surface area (Å²) in [5.74, 6) is 0.249. The number of nitrogens with zero attached hydrogens (tertiary/aromatic N) is 1. The van der Waals surface area contributed by atoms with Crippen LogP contribution in [0.15, 0.2) is 28.8 Å². The highest BCUT2D eigenvalue weighted by atomic mass is 32.1. The van der Waals surface area contributed by atoms with Gasteiger partial charge in [-0.3, -0.25) is 4.79 Å². The number of hydrogen-bond donors (Lipinski definition) is 2. The molecule has 1 heterocycles. The quantitative estimate of drug-likeness (QED) is 0.839. The van der Waals surface area contributed by atoms with Crippen molar-refractivity contribution in [1.29, 1.82) is 0 Å². The molecule has 1 aromatic carbocycles. The van der Waals surface area contributed by atoms with Crippen molar-refractivity contribution in [3.63, 3.8) is 0 Å². The first kappa shape index (κ1) is 13.2. The van der Waals surface area contributed by atoms with Gasteiger partial charge in [0.05, 0.1) is 0 Å². The van der Waals surface area contributed by atoms with E-state index in [4.69, 9.17) is 22.5 Å². The first-order chi connectivity index (χ1) is 8.97. The largest absolute Gasteiger partial charge is 0.389 e. The van der Waals surface area contributed by atoms with Crippen LogP contribution >= 0.6 is 12.2 Å². The summed E-state index contributed by atoms with van der Waals surface area (Å²) in [7, 11) is 0. The van der Waals surface area contributed by atoms with Gasteiger partial charge in [-0.25, -0.2) is 0 Å². The third-order valence-corrected chi connectivity index (χ3v) is 2.87. The summed E-state index contributed by atoms with van der Waals surface area (Å²) in [4.78, 5) is 12.2. The average Bonchev–Trinajstić information content (AvgIpc) is 2.78. The second-order valence-corrected chi connectivity index (χ2v) is 4.61. The standard InChI is InChI=1S/C13H13N3O2S/c1-7-3-4-9(12(14)19)6-10(7)15-13(17)11-5-8(2)18-16-11/h3-6H,1-2H3,(H2,14,19)(H,15,17). The zero-order valence-corrected chi connectivity index (χ0v) is 11.4. The maximum atomic E-state index is 12.0. The highest BCUT2D eigenvalue weighted by Crippen LogP contribution is 2.18. The lowest BCUT2D eigenvalue weighted by molar-refractivity contribution is 0.101. The predicted molar refractivity (Wildman–Crippen MR) is 76.3 cm³/mol. The Balaban J connectivity index is 2.25. The van der Waals surface area contributed by atoms with E-state index in [0.717, 1.165) is 5.56 Å². The van der Waals surface area contributed by atoms with Crippen molar-refractivity contribution in [3.8, 4) is 0 Å². The third-order valence-electron chi connectivity index (χ3n) is 2.63. The van der Waals surface area contributed by atoms with Crippen molar-refractivity contribution in [1.82, 2.24) is 5.16 Å². The van der Waals surface area contributed by atoms with Crippen molar-refractivity contribution in [2.45, 2.75) is 13.8 Å². The van der Waals surface area contributed by atoms with E-state index in [1.807, 2.05) is 19.1 Å². The summed E-state index contributed by atoms with van der Waals surface area (Å²) in [6.07, 6.45) is 0. The number of aryl methyl sites for hydroxylation is 2. The number of thiocarbonyl (C=S) groups is 1. The summed E-state index contributed by atoms with van der Waals surface area (Å²) < 4.78 is 4.86. The van der Waals surface area contributed by atoms with E-state index in [-0.39, 0.29) is 16.6 Å². The second kappa shape index (κ2) is 5.19. The zero-order chi connectivity index (χ0) is 14.0. The minimum Gasteiger partial charge on any atom is -0.389 e. The van der Waals surface area contributed by atoms with Crippen LogP contribution in [-0.4, -0.2) is 16.1 Å². The topological polar surface area (TPSA) is 81.2 Å². The number of hydrogen-bond acceptors (Lipinski definition) is 4. The molecule has 19 heavy (non-hydrogen) atoms. The predicted octanol–water partition coefficient (Wildman–Crippen LogP) is 2.18. The third kappa shape index (κ3) is 2.97. The van der Waals surface area contributed by atoms with Gasteiger partial charge in [0.25, 0.3) is 5.91 Å². The molecule has 0 saturated heterocycles. The molecule has 0 aliphatic heterocycles. The summed E-state index contributed by atoms with van der Waals surface area (Å²) in [5.41, 5.74) is 8.06. The van der Waals surface area contributed by atoms with Crippen LogP contribution in [0.5, 0.6) is 0 Å². The van der Waals surface area contributed by atoms with Crippen molar-refractivity contribution in [3.05, 3.63) is 46.8 Å². The average molecular weight is 275 g/mol. The number of nitrogens with one attached hydrogen (secondary N) is 1. The summed E-state index contributed by atoms with van der Waals surface area (Å²) in [5, 5.41) is 6.42. The van der Waals surface area contributed by atoms with Crippen molar-refractivity contribution < 1.29 is 9.32 Å². The Morgan fingerprint density at radius 2 is 2.11 bits per heavy atom. The van der Waals surface area contributed by atoms with Gasteiger partial charge in [0, 0.05) is 17.3 Å². The second-order valence-electron chi connectivity index (χ2n) is 4.17. The highest BCUT2D eigenvalue weighted by molar-refractivity contribution is 7.80. The molecular weight excluding hydrogens is 262 g/mol. The van der Waals surface area contributed by atoms with Crippen LogP contribution in [0.25, 0.3) is 0 Å². The molecule has 1 amide bonds. The number of carbonyl (C=O) groups excluding carboxylic acids is 1. The highest BCUT2D eigenvalue weighted by Gasteiger charge is 2.12. The molecule has 6 heteroatoms. The molecule has 2 rings (SSSR count). The van der Waals surface area contributed by atoms with Gasteiger partial charge in [0.2, 0.25) is 0 Å². The Bertz CT molecular complexity index is 649. The van der Waals surface area contributed by atoms with Crippen LogP contribution in [0.3, 0.4) is 0 Å². The lowest BCUT2D eigenvalue weighted by Gasteiger charge is -2.08. The fourth-order valence-electron chi connectivity index (χ4n) is 1.57. The number of anilines is 1. The molecule has 3 N–H and O–H groups in total. The molecule has 0 aliphatic carbocycles. The van der Waals surface area contributed by atoms with E-state index in [9.17, 15) is 4.79 Å². The molecule has 98 valence electrons. The molecule has 0 saturated carbocycles. The fourth-order valence-corrected chi connectivity index (χ4v) is 1.70. The van der Waals surface area contributed by atoms with Gasteiger partial charge in [-0.1, -0.05) is 29.5 Å². The maximum Gasteiger partial charge on any atom is 0.277 e. The van der Waals surface area contributed by atoms with E-state index < -0.39 is 0 Å². The number of amides is 1. The Kier molecular flexibility index (Phi) is 3.62. The van der Waals surface area contributed by atoms with Crippen LogP contribution in [-0.2, 0) is 0 Å². The van der Waals surface area contributed by atoms with Crippen LogP contribution in [0, 0.1) is 13.8 Å². The van der Waals surface area contributed by atoms with Gasteiger partial charge in [-0.05, 0) is 25.5 Å². The van der Waals surface area contributed by atoms with Crippen LogP contribution in [0.4, 0.5) is 5.69 Å². The Hall–Kier alpha value is -2.21.